The summed E-state index contributed by atoms with van der Waals surface area (Å²) >= 11 is 0. The Bertz CT molecular complexity index is 1630. The first-order chi connectivity index (χ1) is 20.1. The predicted octanol–water partition coefficient (Wildman–Crippen LogP) is 5.47. The van der Waals surface area contributed by atoms with E-state index in [0.29, 0.717) is 5.69 Å². The molecule has 0 aromatic heterocycles. The van der Waals surface area contributed by atoms with E-state index in [4.69, 9.17) is 0 Å². The topological polar surface area (TPSA) is 86.8 Å². The van der Waals surface area contributed by atoms with Gasteiger partial charge in [-0.1, -0.05) is 103 Å². The molecule has 7 nitrogen and oxygen atoms in total. The van der Waals surface area contributed by atoms with Gasteiger partial charge in [0.15, 0.2) is 0 Å². The number of fused-ring (bicyclic) bond motifs is 1. The van der Waals surface area contributed by atoms with E-state index in [2.05, 4.69) is 5.32 Å². The predicted molar refractivity (Wildman–Crippen MR) is 170 cm³/mol. The van der Waals surface area contributed by atoms with Crippen molar-refractivity contribution < 1.29 is 18.0 Å². The van der Waals surface area contributed by atoms with Gasteiger partial charge in [-0.15, -0.1) is 0 Å². The van der Waals surface area contributed by atoms with Crippen LogP contribution >= 0.6 is 0 Å². The molecular formula is C34H39N3O4S. The molecule has 0 bridgehead atoms. The first-order valence-electron chi connectivity index (χ1n) is 14.2. The van der Waals surface area contributed by atoms with Crippen molar-refractivity contribution in [1.29, 1.82) is 0 Å². The molecule has 4 aromatic rings. The smallest absolute Gasteiger partial charge is 0.244 e. The molecule has 0 aliphatic carbocycles. The normalized spacial score (nSPS) is 12.9. The Morgan fingerprint density at radius 2 is 1.50 bits per heavy atom. The zero-order chi connectivity index (χ0) is 30.3. The number of hydrogen-bond donors (Lipinski definition) is 1. The van der Waals surface area contributed by atoms with E-state index in [1.54, 1.807) is 12.1 Å². The molecule has 2 amide bonds. The molecule has 0 radical (unpaired) electrons. The summed E-state index contributed by atoms with van der Waals surface area (Å²) in [5.74, 6) is -0.736. The minimum Gasteiger partial charge on any atom is -0.352 e. The van der Waals surface area contributed by atoms with E-state index in [-0.39, 0.29) is 24.9 Å². The maximum absolute atomic E-state index is 14.3. The van der Waals surface area contributed by atoms with E-state index in [1.165, 1.54) is 4.90 Å². The first kappa shape index (κ1) is 30.8. The zero-order valence-electron chi connectivity index (χ0n) is 24.7. The number of anilines is 1. The molecule has 0 saturated carbocycles. The van der Waals surface area contributed by atoms with Crippen LogP contribution in [0, 0.1) is 6.92 Å². The van der Waals surface area contributed by atoms with Gasteiger partial charge in [-0.3, -0.25) is 13.9 Å². The van der Waals surface area contributed by atoms with Crippen molar-refractivity contribution in [2.24, 2.45) is 0 Å². The molecule has 42 heavy (non-hydrogen) atoms. The van der Waals surface area contributed by atoms with Gasteiger partial charge in [-0.05, 0) is 42.8 Å². The van der Waals surface area contributed by atoms with Gasteiger partial charge in [0.05, 0.1) is 11.9 Å². The molecule has 0 aliphatic heterocycles. The van der Waals surface area contributed by atoms with Crippen LogP contribution in [0.3, 0.4) is 0 Å². The van der Waals surface area contributed by atoms with Crippen LogP contribution in [-0.2, 0) is 32.6 Å². The van der Waals surface area contributed by atoms with Crippen molar-refractivity contribution >= 4 is 38.3 Å². The van der Waals surface area contributed by atoms with Crippen molar-refractivity contribution in [3.05, 3.63) is 114 Å². The Balaban J connectivity index is 1.79. The zero-order valence-corrected chi connectivity index (χ0v) is 25.5. The molecule has 220 valence electrons. The van der Waals surface area contributed by atoms with Gasteiger partial charge in [-0.2, -0.15) is 0 Å². The SMILES string of the molecule is CCC(C)NC(=O)C(Cc1ccccc1)N(Cc1cccc(C)c1)C(=O)CN(c1cccc2ccccc12)S(C)(=O)=O. The lowest BCUT2D eigenvalue weighted by Crippen LogP contribution is -2.54. The monoisotopic (exact) mass is 585 g/mol. The molecule has 0 spiro atoms. The number of hydrogen-bond acceptors (Lipinski definition) is 4. The van der Waals surface area contributed by atoms with E-state index in [9.17, 15) is 18.0 Å². The Morgan fingerprint density at radius 1 is 0.857 bits per heavy atom. The standard InChI is InChI=1S/C34H39N3O4S/c1-5-26(3)35-34(39)32(22-27-14-7-6-8-15-27)36(23-28-16-11-13-25(2)21-28)33(38)24-37(42(4,40)41)31-20-12-18-29-17-9-10-19-30(29)31/h6-21,26,32H,5,22-24H2,1-4H3,(H,35,39). The highest BCUT2D eigenvalue weighted by atomic mass is 32.2. The van der Waals surface area contributed by atoms with Gasteiger partial charge < -0.3 is 10.2 Å². The Labute approximate surface area is 249 Å². The van der Waals surface area contributed by atoms with Gasteiger partial charge >= 0.3 is 0 Å². The lowest BCUT2D eigenvalue weighted by Gasteiger charge is -2.34. The Hall–Kier alpha value is -4.17. The molecule has 0 fully saturated rings. The summed E-state index contributed by atoms with van der Waals surface area (Å²) in [6, 6.07) is 29.3. The second-order valence-electron chi connectivity index (χ2n) is 10.8. The maximum atomic E-state index is 14.3. The number of nitrogens with zero attached hydrogens (tertiary/aromatic N) is 2. The third kappa shape index (κ3) is 7.76. The quantitative estimate of drug-likeness (QED) is 0.239. The number of carbonyl (C=O) groups is 2. The highest BCUT2D eigenvalue weighted by Crippen LogP contribution is 2.29. The van der Waals surface area contributed by atoms with Crippen LogP contribution in [0.2, 0.25) is 0 Å². The number of benzene rings is 4. The molecular weight excluding hydrogens is 546 g/mol. The van der Waals surface area contributed by atoms with Crippen molar-refractivity contribution in [3.8, 4) is 0 Å². The molecule has 2 atom stereocenters. The van der Waals surface area contributed by atoms with Crippen LogP contribution in [-0.4, -0.2) is 50.0 Å². The maximum Gasteiger partial charge on any atom is 0.244 e. The Morgan fingerprint density at radius 3 is 2.19 bits per heavy atom. The van der Waals surface area contributed by atoms with E-state index >= 15 is 0 Å². The molecule has 0 aliphatic rings. The summed E-state index contributed by atoms with van der Waals surface area (Å²) in [6.07, 6.45) is 2.12. The van der Waals surface area contributed by atoms with Crippen LogP contribution in [0.5, 0.6) is 0 Å². The number of rotatable bonds is 12. The number of aryl methyl sites for hydroxylation is 1. The lowest BCUT2D eigenvalue weighted by molar-refractivity contribution is -0.140. The highest BCUT2D eigenvalue weighted by molar-refractivity contribution is 7.92. The summed E-state index contributed by atoms with van der Waals surface area (Å²) in [7, 11) is -3.86. The van der Waals surface area contributed by atoms with Crippen molar-refractivity contribution in [1.82, 2.24) is 10.2 Å². The number of sulfonamides is 1. The van der Waals surface area contributed by atoms with Crippen molar-refractivity contribution in [3.63, 3.8) is 0 Å². The van der Waals surface area contributed by atoms with Crippen LogP contribution in [0.25, 0.3) is 10.8 Å². The fraction of sp³-hybridized carbons (Fsp3) is 0.294. The molecule has 0 heterocycles. The molecule has 0 saturated heterocycles. The summed E-state index contributed by atoms with van der Waals surface area (Å²) in [5.41, 5.74) is 3.20. The fourth-order valence-corrected chi connectivity index (χ4v) is 5.88. The highest BCUT2D eigenvalue weighted by Gasteiger charge is 2.33. The molecule has 4 rings (SSSR count). The number of nitrogens with one attached hydrogen (secondary N) is 1. The fourth-order valence-electron chi connectivity index (χ4n) is 5.02. The van der Waals surface area contributed by atoms with Gasteiger partial charge in [0, 0.05) is 24.4 Å². The Kier molecular flexibility index (Phi) is 10.0. The van der Waals surface area contributed by atoms with Crippen molar-refractivity contribution in [2.45, 2.75) is 52.2 Å². The summed E-state index contributed by atoms with van der Waals surface area (Å²) in [5, 5.41) is 4.64. The number of carbonyl (C=O) groups excluding carboxylic acids is 2. The van der Waals surface area contributed by atoms with Crippen LogP contribution in [0.4, 0.5) is 5.69 Å². The average Bonchev–Trinajstić information content (AvgIpc) is 2.97. The molecule has 2 unspecified atom stereocenters. The van der Waals surface area contributed by atoms with E-state index in [0.717, 1.165) is 44.4 Å². The van der Waals surface area contributed by atoms with Gasteiger partial charge in [0.2, 0.25) is 21.8 Å². The first-order valence-corrected chi connectivity index (χ1v) is 16.1. The molecule has 1 N–H and O–H groups in total. The van der Waals surface area contributed by atoms with Crippen LogP contribution in [0.15, 0.2) is 97.1 Å². The lowest BCUT2D eigenvalue weighted by atomic mass is 10.0. The van der Waals surface area contributed by atoms with Gasteiger partial charge in [0.1, 0.15) is 12.6 Å². The van der Waals surface area contributed by atoms with Gasteiger partial charge in [0.25, 0.3) is 0 Å². The third-order valence-electron chi connectivity index (χ3n) is 7.42. The van der Waals surface area contributed by atoms with E-state index < -0.39 is 28.5 Å². The van der Waals surface area contributed by atoms with Crippen LogP contribution < -0.4 is 9.62 Å². The second-order valence-corrected chi connectivity index (χ2v) is 12.7. The minimum absolute atomic E-state index is 0.0881. The molecule has 4 aromatic carbocycles. The second kappa shape index (κ2) is 13.7. The average molecular weight is 586 g/mol. The largest absolute Gasteiger partial charge is 0.352 e. The summed E-state index contributed by atoms with van der Waals surface area (Å²) in [6.45, 7) is 5.59. The summed E-state index contributed by atoms with van der Waals surface area (Å²) < 4.78 is 27.5. The minimum atomic E-state index is -3.86. The van der Waals surface area contributed by atoms with Crippen LogP contribution in [0.1, 0.15) is 37.0 Å². The summed E-state index contributed by atoms with van der Waals surface area (Å²) in [4.78, 5) is 29.7. The third-order valence-corrected chi connectivity index (χ3v) is 8.55. The van der Waals surface area contributed by atoms with Gasteiger partial charge in [-0.25, -0.2) is 8.42 Å². The number of amides is 2. The van der Waals surface area contributed by atoms with E-state index in [1.807, 2.05) is 106 Å². The molecule has 8 heteroatoms. The van der Waals surface area contributed by atoms with Crippen molar-refractivity contribution in [2.75, 3.05) is 17.1 Å².